The van der Waals surface area contributed by atoms with Crippen LogP contribution in [0.25, 0.3) is 5.57 Å². The van der Waals surface area contributed by atoms with Crippen LogP contribution in [0.3, 0.4) is 0 Å². The first-order valence-electron chi connectivity index (χ1n) is 10.9. The number of hydrogen-bond donors (Lipinski definition) is 1. The SMILES string of the molecule is C/C=C(\C)c1cccc(C(C)C)c1.C=C(C)S.CCCN(C)c1cc(C)ccc1C. The zero-order valence-electron chi connectivity index (χ0n) is 20.7. The topological polar surface area (TPSA) is 3.24 Å². The van der Waals surface area contributed by atoms with E-state index in [9.17, 15) is 0 Å². The van der Waals surface area contributed by atoms with Crippen LogP contribution < -0.4 is 4.90 Å². The van der Waals surface area contributed by atoms with Crippen LogP contribution in [0.15, 0.2) is 60.0 Å². The third-order valence-electron chi connectivity index (χ3n) is 4.78. The Hall–Kier alpha value is -1.93. The molecule has 0 unspecified atom stereocenters. The first kappa shape index (κ1) is 28.1. The summed E-state index contributed by atoms with van der Waals surface area (Å²) in [6.45, 7) is 21.6. The van der Waals surface area contributed by atoms with Crippen LogP contribution in [0.5, 0.6) is 0 Å². The van der Waals surface area contributed by atoms with Crippen molar-refractivity contribution in [3.63, 3.8) is 0 Å². The van der Waals surface area contributed by atoms with Crippen molar-refractivity contribution in [2.24, 2.45) is 0 Å². The lowest BCUT2D eigenvalue weighted by atomic mass is 9.98. The van der Waals surface area contributed by atoms with E-state index in [1.165, 1.54) is 39.9 Å². The van der Waals surface area contributed by atoms with Crippen LogP contribution in [-0.2, 0) is 0 Å². The Morgan fingerprint density at radius 1 is 1.10 bits per heavy atom. The highest BCUT2D eigenvalue weighted by Gasteiger charge is 2.03. The van der Waals surface area contributed by atoms with Crippen molar-refractivity contribution in [1.82, 2.24) is 0 Å². The molecule has 30 heavy (non-hydrogen) atoms. The normalized spacial score (nSPS) is 10.6. The molecule has 0 aromatic heterocycles. The first-order chi connectivity index (χ1) is 14.0. The van der Waals surface area contributed by atoms with Gasteiger partial charge in [-0.2, -0.15) is 0 Å². The minimum Gasteiger partial charge on any atom is -0.374 e. The fourth-order valence-corrected chi connectivity index (χ4v) is 2.90. The number of aryl methyl sites for hydroxylation is 2. The van der Waals surface area contributed by atoms with Crippen molar-refractivity contribution in [2.75, 3.05) is 18.5 Å². The molecule has 0 bridgehead atoms. The Bertz CT molecular complexity index is 798. The molecule has 0 fully saturated rings. The van der Waals surface area contributed by atoms with Gasteiger partial charge in [-0.25, -0.2) is 0 Å². The van der Waals surface area contributed by atoms with Crippen molar-refractivity contribution in [2.45, 2.75) is 67.7 Å². The van der Waals surface area contributed by atoms with Crippen LogP contribution in [0.1, 0.15) is 76.1 Å². The molecule has 0 spiro atoms. The molecule has 0 heterocycles. The Kier molecular flexibility index (Phi) is 14.0. The number of hydrogen-bond acceptors (Lipinski definition) is 2. The molecule has 1 nitrogen and oxygen atoms in total. The molecule has 0 aliphatic heterocycles. The van der Waals surface area contributed by atoms with Crippen molar-refractivity contribution in [1.29, 1.82) is 0 Å². The minimum atomic E-state index is 0.615. The van der Waals surface area contributed by atoms with E-state index in [1.54, 1.807) is 0 Å². The van der Waals surface area contributed by atoms with Gasteiger partial charge in [0.1, 0.15) is 0 Å². The average Bonchev–Trinajstić information content (AvgIpc) is 2.69. The second-order valence-corrected chi connectivity index (χ2v) is 8.96. The monoisotopic (exact) mass is 425 g/mol. The summed E-state index contributed by atoms with van der Waals surface area (Å²) in [5.74, 6) is 0.615. The summed E-state index contributed by atoms with van der Waals surface area (Å²) in [6, 6.07) is 15.4. The highest BCUT2D eigenvalue weighted by atomic mass is 32.1. The molecule has 0 atom stereocenters. The molecule has 0 radical (unpaired) electrons. The number of anilines is 1. The van der Waals surface area contributed by atoms with Gasteiger partial charge in [0.15, 0.2) is 0 Å². The summed E-state index contributed by atoms with van der Waals surface area (Å²) in [7, 11) is 2.16. The van der Waals surface area contributed by atoms with Crippen LogP contribution in [-0.4, -0.2) is 13.6 Å². The smallest absolute Gasteiger partial charge is 0.0395 e. The molecule has 2 rings (SSSR count). The van der Waals surface area contributed by atoms with Crippen LogP contribution in [0, 0.1) is 13.8 Å². The Labute approximate surface area is 192 Å². The average molecular weight is 426 g/mol. The molecular formula is C28H43NS. The van der Waals surface area contributed by atoms with Crippen molar-refractivity contribution in [3.05, 3.63) is 82.3 Å². The van der Waals surface area contributed by atoms with Gasteiger partial charge >= 0.3 is 0 Å². The second-order valence-electron chi connectivity index (χ2n) is 8.20. The van der Waals surface area contributed by atoms with Gasteiger partial charge in [-0.05, 0) is 85.8 Å². The molecule has 2 aromatic rings. The third kappa shape index (κ3) is 11.3. The van der Waals surface area contributed by atoms with Gasteiger partial charge in [-0.1, -0.05) is 69.8 Å². The lowest BCUT2D eigenvalue weighted by molar-refractivity contribution is 0.848. The van der Waals surface area contributed by atoms with E-state index < -0.39 is 0 Å². The number of benzene rings is 2. The quantitative estimate of drug-likeness (QED) is 0.468. The van der Waals surface area contributed by atoms with E-state index in [4.69, 9.17) is 0 Å². The predicted molar refractivity (Wildman–Crippen MR) is 143 cm³/mol. The molecule has 2 aromatic carbocycles. The maximum atomic E-state index is 3.77. The molecule has 0 saturated heterocycles. The Morgan fingerprint density at radius 2 is 1.70 bits per heavy atom. The van der Waals surface area contributed by atoms with Crippen LogP contribution in [0.4, 0.5) is 5.69 Å². The van der Waals surface area contributed by atoms with Gasteiger partial charge in [0.25, 0.3) is 0 Å². The molecule has 0 amide bonds. The predicted octanol–water partition coefficient (Wildman–Crippen LogP) is 8.83. The molecule has 0 aliphatic carbocycles. The van der Waals surface area contributed by atoms with Crippen molar-refractivity contribution >= 4 is 23.9 Å². The summed E-state index contributed by atoms with van der Waals surface area (Å²) in [4.78, 5) is 3.18. The molecule has 0 N–H and O–H groups in total. The third-order valence-corrected chi connectivity index (χ3v) is 4.78. The number of nitrogens with zero attached hydrogens (tertiary/aromatic N) is 1. The summed E-state index contributed by atoms with van der Waals surface area (Å²) in [5.41, 5.74) is 8.17. The molecule has 2 heteroatoms. The van der Waals surface area contributed by atoms with E-state index >= 15 is 0 Å². The molecular weight excluding hydrogens is 382 g/mol. The van der Waals surface area contributed by atoms with E-state index in [-0.39, 0.29) is 0 Å². The standard InChI is InChI=1S/C13H18.C12H19N.C3H6S/c1-5-11(4)13-8-6-7-12(9-13)10(2)3;1-5-8-13(4)12-9-10(2)6-7-11(12)3;1-3(2)4/h5-10H,1-4H3;6-7,9H,5,8H2,1-4H3;4H,1H2,2H3/b11-5+;;. The maximum Gasteiger partial charge on any atom is 0.0395 e. The summed E-state index contributed by atoms with van der Waals surface area (Å²) in [5, 5.41) is 0. The van der Waals surface area contributed by atoms with Gasteiger partial charge in [-0.3, -0.25) is 0 Å². The van der Waals surface area contributed by atoms with Crippen molar-refractivity contribution < 1.29 is 0 Å². The summed E-state index contributed by atoms with van der Waals surface area (Å²) < 4.78 is 0. The fraction of sp³-hybridized carbons (Fsp3) is 0.429. The highest BCUT2D eigenvalue weighted by Crippen LogP contribution is 2.21. The fourth-order valence-electron chi connectivity index (χ4n) is 2.90. The lowest BCUT2D eigenvalue weighted by Crippen LogP contribution is -2.18. The van der Waals surface area contributed by atoms with E-state index in [2.05, 4.69) is 128 Å². The van der Waals surface area contributed by atoms with Gasteiger partial charge < -0.3 is 4.90 Å². The van der Waals surface area contributed by atoms with Gasteiger partial charge in [0.05, 0.1) is 0 Å². The summed E-state index contributed by atoms with van der Waals surface area (Å²) >= 11 is 3.77. The van der Waals surface area contributed by atoms with E-state index in [0.29, 0.717) is 5.92 Å². The summed E-state index contributed by atoms with van der Waals surface area (Å²) in [6.07, 6.45) is 3.35. The zero-order valence-corrected chi connectivity index (χ0v) is 21.6. The maximum absolute atomic E-state index is 3.77. The largest absolute Gasteiger partial charge is 0.374 e. The Balaban J connectivity index is 0.000000477. The lowest BCUT2D eigenvalue weighted by Gasteiger charge is -2.21. The number of thiol groups is 1. The van der Waals surface area contributed by atoms with Gasteiger partial charge in [0.2, 0.25) is 0 Å². The van der Waals surface area contributed by atoms with Gasteiger partial charge in [-0.15, -0.1) is 12.6 Å². The minimum absolute atomic E-state index is 0.615. The van der Waals surface area contributed by atoms with Crippen LogP contribution >= 0.6 is 12.6 Å². The molecule has 0 saturated carbocycles. The molecule has 0 aliphatic rings. The highest BCUT2D eigenvalue weighted by molar-refractivity contribution is 7.84. The number of rotatable bonds is 5. The van der Waals surface area contributed by atoms with E-state index in [1.807, 2.05) is 6.92 Å². The Morgan fingerprint density at radius 3 is 2.20 bits per heavy atom. The number of allylic oxidation sites excluding steroid dienone is 3. The van der Waals surface area contributed by atoms with Gasteiger partial charge in [0, 0.05) is 19.3 Å². The second kappa shape index (κ2) is 15.0. The zero-order chi connectivity index (χ0) is 23.3. The first-order valence-corrected chi connectivity index (χ1v) is 11.3. The van der Waals surface area contributed by atoms with Crippen molar-refractivity contribution in [3.8, 4) is 0 Å². The van der Waals surface area contributed by atoms with E-state index in [0.717, 1.165) is 11.4 Å². The molecule has 166 valence electrons. The van der Waals surface area contributed by atoms with Crippen LogP contribution in [0.2, 0.25) is 0 Å².